The van der Waals surface area contributed by atoms with Gasteiger partial charge in [-0.2, -0.15) is 0 Å². The molecule has 2 aliphatic carbocycles. The predicted molar refractivity (Wildman–Crippen MR) is 95.7 cm³/mol. The third-order valence-corrected chi connectivity index (χ3v) is 9.59. The highest BCUT2D eigenvalue weighted by Crippen LogP contribution is 2.60. The number of fused-ring (bicyclic) bond motifs is 5. The fourth-order valence-electron chi connectivity index (χ4n) is 4.23. The van der Waals surface area contributed by atoms with Crippen molar-refractivity contribution in [3.05, 3.63) is 27.7 Å². The molecule has 0 spiro atoms. The molecule has 116 valence electrons. The molecule has 3 fully saturated rings. The van der Waals surface area contributed by atoms with Crippen LogP contribution in [0, 0.1) is 23.7 Å². The Morgan fingerprint density at radius 3 is 2.09 bits per heavy atom. The fraction of sp³-hybridized carbons (Fsp3) is 0.467. The number of halogens is 4. The SMILES string of the molecule is O=C1[C@@H]2[C@H]3C[C@@H]([C@H](Br)[C@H]3Br)[C@H]2C(=O)N1c1ccc(Br)c(Cl)c1. The number of alkyl halides is 2. The van der Waals surface area contributed by atoms with Gasteiger partial charge in [0.25, 0.3) is 0 Å². The van der Waals surface area contributed by atoms with Gasteiger partial charge in [-0.1, -0.05) is 43.5 Å². The van der Waals surface area contributed by atoms with Crippen molar-refractivity contribution in [1.82, 2.24) is 0 Å². The molecule has 22 heavy (non-hydrogen) atoms. The Kier molecular flexibility index (Phi) is 3.76. The third kappa shape index (κ3) is 1.96. The normalized spacial score (nSPS) is 39.7. The molecule has 3 nitrogen and oxygen atoms in total. The second-order valence-electron chi connectivity index (χ2n) is 6.11. The topological polar surface area (TPSA) is 37.4 Å². The van der Waals surface area contributed by atoms with Gasteiger partial charge in [-0.25, -0.2) is 4.90 Å². The maximum absolute atomic E-state index is 12.9. The van der Waals surface area contributed by atoms with Gasteiger partial charge < -0.3 is 0 Å². The largest absolute Gasteiger partial charge is 0.274 e. The molecule has 2 bridgehead atoms. The van der Waals surface area contributed by atoms with Gasteiger partial charge in [-0.05, 0) is 52.4 Å². The number of nitrogens with zero attached hydrogens (tertiary/aromatic N) is 1. The average Bonchev–Trinajstić information content (AvgIpc) is 3.08. The molecule has 1 saturated heterocycles. The molecule has 0 unspecified atom stereocenters. The number of hydrogen-bond acceptors (Lipinski definition) is 2. The first-order chi connectivity index (χ1) is 10.4. The van der Waals surface area contributed by atoms with E-state index < -0.39 is 0 Å². The highest BCUT2D eigenvalue weighted by atomic mass is 79.9. The van der Waals surface area contributed by atoms with Crippen LogP contribution in [-0.4, -0.2) is 21.5 Å². The van der Waals surface area contributed by atoms with Crippen LogP contribution >= 0.6 is 59.4 Å². The van der Waals surface area contributed by atoms with Gasteiger partial charge in [0.1, 0.15) is 0 Å². The number of hydrogen-bond donors (Lipinski definition) is 0. The lowest BCUT2D eigenvalue weighted by atomic mass is 9.81. The Hall–Kier alpha value is 0.0900. The highest BCUT2D eigenvalue weighted by molar-refractivity contribution is 9.12. The minimum atomic E-state index is -0.196. The van der Waals surface area contributed by atoms with Crippen molar-refractivity contribution in [3.63, 3.8) is 0 Å². The Balaban J connectivity index is 1.74. The number of carbonyl (C=O) groups is 2. The molecule has 6 atom stereocenters. The molecule has 7 heteroatoms. The number of amides is 2. The van der Waals surface area contributed by atoms with Crippen LogP contribution in [0.25, 0.3) is 0 Å². The molecule has 2 saturated carbocycles. The molecular formula is C15H11Br3ClNO2. The van der Waals surface area contributed by atoms with E-state index >= 15 is 0 Å². The lowest BCUT2D eigenvalue weighted by Crippen LogP contribution is -2.37. The van der Waals surface area contributed by atoms with E-state index in [2.05, 4.69) is 47.8 Å². The first-order valence-corrected chi connectivity index (χ1v) is 10.0. The van der Waals surface area contributed by atoms with Gasteiger partial charge >= 0.3 is 0 Å². The molecule has 3 aliphatic rings. The van der Waals surface area contributed by atoms with Crippen LogP contribution in [0.2, 0.25) is 5.02 Å². The maximum Gasteiger partial charge on any atom is 0.238 e. The van der Waals surface area contributed by atoms with Crippen molar-refractivity contribution in [2.75, 3.05) is 4.90 Å². The van der Waals surface area contributed by atoms with Crippen LogP contribution < -0.4 is 4.90 Å². The predicted octanol–water partition coefficient (Wildman–Crippen LogP) is 4.38. The van der Waals surface area contributed by atoms with Crippen LogP contribution in [0.15, 0.2) is 22.7 Å². The summed E-state index contributed by atoms with van der Waals surface area (Å²) in [7, 11) is 0. The minimum absolute atomic E-state index is 0.0789. The van der Waals surface area contributed by atoms with Gasteiger partial charge in [0.15, 0.2) is 0 Å². The number of anilines is 1. The molecule has 0 radical (unpaired) electrons. The summed E-state index contributed by atoms with van der Waals surface area (Å²) in [5, 5.41) is 0.495. The molecule has 1 aromatic carbocycles. The zero-order valence-electron chi connectivity index (χ0n) is 11.2. The summed E-state index contributed by atoms with van der Waals surface area (Å²) in [5.41, 5.74) is 0.564. The summed E-state index contributed by atoms with van der Waals surface area (Å²) >= 11 is 16.8. The Labute approximate surface area is 158 Å². The Morgan fingerprint density at radius 1 is 1.05 bits per heavy atom. The molecule has 0 N–H and O–H groups in total. The van der Waals surface area contributed by atoms with Gasteiger partial charge in [0.2, 0.25) is 11.8 Å². The van der Waals surface area contributed by atoms with Crippen LogP contribution in [-0.2, 0) is 9.59 Å². The van der Waals surface area contributed by atoms with Crippen LogP contribution in [0.3, 0.4) is 0 Å². The smallest absolute Gasteiger partial charge is 0.238 e. The van der Waals surface area contributed by atoms with Gasteiger partial charge in [-0.15, -0.1) is 0 Å². The standard InChI is InChI=1S/C15H11Br3ClNO2/c16-8-2-1-5(3-9(8)19)20-14(21)10-6-4-7(11(10)15(20)22)13(18)12(6)17/h1-3,6-7,10-13H,4H2/t6-,7-,10-,11-,12+,13+/m1/s1. The number of carbonyl (C=O) groups excluding carboxylic acids is 2. The van der Waals surface area contributed by atoms with Crippen molar-refractivity contribution in [1.29, 1.82) is 0 Å². The first kappa shape index (κ1) is 15.6. The quantitative estimate of drug-likeness (QED) is 0.414. The van der Waals surface area contributed by atoms with Crippen molar-refractivity contribution < 1.29 is 9.59 Å². The summed E-state index contributed by atoms with van der Waals surface area (Å²) in [5.74, 6) is -0.0934. The van der Waals surface area contributed by atoms with Gasteiger partial charge in [0.05, 0.1) is 22.5 Å². The molecule has 2 amide bonds. The molecule has 4 rings (SSSR count). The Bertz CT molecular complexity index is 665. The zero-order chi connectivity index (χ0) is 15.8. The fourth-order valence-corrected chi connectivity index (χ4v) is 6.52. The van der Waals surface area contributed by atoms with E-state index in [-0.39, 0.29) is 45.1 Å². The molecule has 1 aromatic rings. The van der Waals surface area contributed by atoms with E-state index in [1.807, 2.05) is 0 Å². The van der Waals surface area contributed by atoms with Gasteiger partial charge in [-0.3, -0.25) is 9.59 Å². The number of rotatable bonds is 1. The van der Waals surface area contributed by atoms with Gasteiger partial charge in [0, 0.05) is 14.1 Å². The van der Waals surface area contributed by atoms with E-state index in [0.717, 1.165) is 10.9 Å². The van der Waals surface area contributed by atoms with Crippen LogP contribution in [0.4, 0.5) is 5.69 Å². The van der Waals surface area contributed by atoms with E-state index in [4.69, 9.17) is 11.6 Å². The Morgan fingerprint density at radius 2 is 1.59 bits per heavy atom. The average molecular weight is 512 g/mol. The summed E-state index contributed by atoms with van der Waals surface area (Å²) in [6, 6.07) is 5.19. The summed E-state index contributed by atoms with van der Waals surface area (Å²) in [6.45, 7) is 0. The lowest BCUT2D eigenvalue weighted by Gasteiger charge is -2.28. The summed E-state index contributed by atoms with van der Waals surface area (Å²) in [6.07, 6.45) is 0.938. The van der Waals surface area contributed by atoms with Crippen LogP contribution in [0.1, 0.15) is 6.42 Å². The molecule has 1 heterocycles. The zero-order valence-corrected chi connectivity index (χ0v) is 16.7. The van der Waals surface area contributed by atoms with E-state index in [1.165, 1.54) is 4.90 Å². The third-order valence-electron chi connectivity index (χ3n) is 5.15. The monoisotopic (exact) mass is 509 g/mol. The van der Waals surface area contributed by atoms with E-state index in [1.54, 1.807) is 18.2 Å². The van der Waals surface area contributed by atoms with Crippen molar-refractivity contribution in [2.45, 2.75) is 16.1 Å². The number of benzene rings is 1. The second-order valence-corrected chi connectivity index (χ2v) is 9.49. The minimum Gasteiger partial charge on any atom is -0.274 e. The van der Waals surface area contributed by atoms with Crippen molar-refractivity contribution in [3.8, 4) is 0 Å². The summed E-state index contributed by atoms with van der Waals surface area (Å²) in [4.78, 5) is 27.5. The van der Waals surface area contributed by atoms with Crippen molar-refractivity contribution in [2.24, 2.45) is 23.7 Å². The van der Waals surface area contributed by atoms with E-state index in [9.17, 15) is 9.59 Å². The van der Waals surface area contributed by atoms with Crippen molar-refractivity contribution >= 4 is 76.9 Å². The molecule has 1 aliphatic heterocycles. The highest BCUT2D eigenvalue weighted by Gasteiger charge is 2.66. The molecule has 0 aromatic heterocycles. The lowest BCUT2D eigenvalue weighted by molar-refractivity contribution is -0.123. The summed E-state index contributed by atoms with van der Waals surface area (Å²) < 4.78 is 0.748. The number of imide groups is 1. The second kappa shape index (κ2) is 5.30. The molecular weight excluding hydrogens is 501 g/mol. The first-order valence-electron chi connectivity index (χ1n) is 7.03. The van der Waals surface area contributed by atoms with E-state index in [0.29, 0.717) is 10.7 Å². The maximum atomic E-state index is 12.9. The van der Waals surface area contributed by atoms with Crippen LogP contribution in [0.5, 0.6) is 0 Å².